The lowest BCUT2D eigenvalue weighted by Gasteiger charge is -2.14. The highest BCUT2D eigenvalue weighted by Gasteiger charge is 2.16. The Morgan fingerprint density at radius 1 is 1.35 bits per heavy atom. The summed E-state index contributed by atoms with van der Waals surface area (Å²) >= 11 is 3.63. The molecule has 0 amide bonds. The van der Waals surface area contributed by atoms with Crippen molar-refractivity contribution in [2.24, 2.45) is 5.92 Å². The maximum absolute atomic E-state index is 9.86. The number of aryl methyl sites for hydroxylation is 2. The molecule has 1 rings (SSSR count). The maximum atomic E-state index is 9.86. The molecule has 1 N–H and O–H groups in total. The van der Waals surface area contributed by atoms with Gasteiger partial charge in [0.15, 0.2) is 0 Å². The summed E-state index contributed by atoms with van der Waals surface area (Å²) in [6.45, 7) is 9.19. The van der Waals surface area contributed by atoms with E-state index < -0.39 is 0 Å². The molecule has 0 fully saturated rings. The van der Waals surface area contributed by atoms with Gasteiger partial charge in [0, 0.05) is 6.54 Å². The zero-order valence-corrected chi connectivity index (χ0v) is 12.8. The van der Waals surface area contributed by atoms with Crippen molar-refractivity contribution in [2.45, 2.75) is 59.6 Å². The molecule has 0 aliphatic heterocycles. The van der Waals surface area contributed by atoms with Crippen LogP contribution >= 0.6 is 15.9 Å². The largest absolute Gasteiger partial charge is 0.393 e. The fourth-order valence-corrected chi connectivity index (χ4v) is 2.64. The highest BCUT2D eigenvalue weighted by molar-refractivity contribution is 9.10. The van der Waals surface area contributed by atoms with Crippen LogP contribution in [0.2, 0.25) is 0 Å². The van der Waals surface area contributed by atoms with Crippen LogP contribution in [0.3, 0.4) is 0 Å². The predicted molar refractivity (Wildman–Crippen MR) is 74.1 cm³/mol. The molecule has 0 saturated heterocycles. The van der Waals surface area contributed by atoms with Gasteiger partial charge in [-0.15, -0.1) is 0 Å². The standard InChI is InChI=1S/C13H23BrN2O/c1-5-10-13(14)11(16(6-2)15-10)7-8-12(17)9(3)4/h9,12,17H,5-8H2,1-4H3. The number of nitrogens with zero attached hydrogens (tertiary/aromatic N) is 2. The number of hydrogen-bond donors (Lipinski definition) is 1. The van der Waals surface area contributed by atoms with E-state index in [1.165, 1.54) is 5.69 Å². The maximum Gasteiger partial charge on any atom is 0.0766 e. The summed E-state index contributed by atoms with van der Waals surface area (Å²) in [5, 5.41) is 14.4. The highest BCUT2D eigenvalue weighted by atomic mass is 79.9. The van der Waals surface area contributed by atoms with E-state index in [1.54, 1.807) is 0 Å². The summed E-state index contributed by atoms with van der Waals surface area (Å²) in [4.78, 5) is 0. The first-order valence-electron chi connectivity index (χ1n) is 6.43. The van der Waals surface area contributed by atoms with Gasteiger partial charge in [0.1, 0.15) is 0 Å². The second-order valence-corrected chi connectivity index (χ2v) is 5.52. The van der Waals surface area contributed by atoms with Gasteiger partial charge in [-0.1, -0.05) is 20.8 Å². The molecule has 0 saturated carbocycles. The first-order valence-corrected chi connectivity index (χ1v) is 7.22. The zero-order chi connectivity index (χ0) is 13.0. The third-order valence-electron chi connectivity index (χ3n) is 3.14. The average Bonchev–Trinajstić information content (AvgIpc) is 2.62. The molecule has 4 heteroatoms. The third kappa shape index (κ3) is 3.55. The average molecular weight is 303 g/mol. The fourth-order valence-electron chi connectivity index (χ4n) is 1.87. The van der Waals surface area contributed by atoms with Crippen LogP contribution in [-0.4, -0.2) is 21.0 Å². The summed E-state index contributed by atoms with van der Waals surface area (Å²) in [5.41, 5.74) is 2.32. The Morgan fingerprint density at radius 2 is 2.00 bits per heavy atom. The van der Waals surface area contributed by atoms with Crippen LogP contribution < -0.4 is 0 Å². The first-order chi connectivity index (χ1) is 8.01. The SMILES string of the molecule is CCc1nn(CC)c(CCC(O)C(C)C)c1Br. The minimum atomic E-state index is -0.229. The normalized spacial score (nSPS) is 13.4. The summed E-state index contributed by atoms with van der Waals surface area (Å²) in [6, 6.07) is 0. The van der Waals surface area contributed by atoms with Gasteiger partial charge in [-0.05, 0) is 48.0 Å². The Hall–Kier alpha value is -0.350. The Labute approximate surface area is 112 Å². The predicted octanol–water partition coefficient (Wildman–Crippen LogP) is 3.18. The minimum Gasteiger partial charge on any atom is -0.393 e. The highest BCUT2D eigenvalue weighted by Crippen LogP contribution is 2.24. The van der Waals surface area contributed by atoms with Gasteiger partial charge in [0.05, 0.1) is 22.0 Å². The van der Waals surface area contributed by atoms with E-state index in [0.29, 0.717) is 5.92 Å². The van der Waals surface area contributed by atoms with Crippen molar-refractivity contribution < 1.29 is 5.11 Å². The number of aromatic nitrogens is 2. The van der Waals surface area contributed by atoms with E-state index in [4.69, 9.17) is 0 Å². The Bertz CT molecular complexity index is 361. The van der Waals surface area contributed by atoms with E-state index in [0.717, 1.165) is 36.0 Å². The van der Waals surface area contributed by atoms with Crippen molar-refractivity contribution in [2.75, 3.05) is 0 Å². The second-order valence-electron chi connectivity index (χ2n) is 4.73. The molecule has 1 unspecified atom stereocenters. The molecule has 0 bridgehead atoms. The molecule has 98 valence electrons. The van der Waals surface area contributed by atoms with Gasteiger partial charge in [0.25, 0.3) is 0 Å². The molecule has 0 aromatic carbocycles. The summed E-state index contributed by atoms with van der Waals surface area (Å²) in [6.07, 6.45) is 2.38. The van der Waals surface area contributed by atoms with Crippen LogP contribution in [0, 0.1) is 5.92 Å². The van der Waals surface area contributed by atoms with E-state index in [1.807, 2.05) is 18.5 Å². The Kier molecular flexibility index (Phi) is 5.67. The number of halogens is 1. The molecule has 0 radical (unpaired) electrons. The van der Waals surface area contributed by atoms with Crippen LogP contribution in [-0.2, 0) is 19.4 Å². The number of aliphatic hydroxyl groups excluding tert-OH is 1. The summed E-state index contributed by atoms with van der Waals surface area (Å²) < 4.78 is 3.16. The van der Waals surface area contributed by atoms with Crippen molar-refractivity contribution >= 4 is 15.9 Å². The van der Waals surface area contributed by atoms with E-state index in [9.17, 15) is 5.11 Å². The molecule has 3 nitrogen and oxygen atoms in total. The molecular formula is C13H23BrN2O. The molecular weight excluding hydrogens is 280 g/mol. The van der Waals surface area contributed by atoms with Crippen molar-refractivity contribution in [1.29, 1.82) is 0 Å². The van der Waals surface area contributed by atoms with Gasteiger partial charge < -0.3 is 5.11 Å². The summed E-state index contributed by atoms with van der Waals surface area (Å²) in [5.74, 6) is 0.317. The number of hydrogen-bond acceptors (Lipinski definition) is 2. The zero-order valence-electron chi connectivity index (χ0n) is 11.2. The lowest BCUT2D eigenvalue weighted by Crippen LogP contribution is -2.16. The van der Waals surface area contributed by atoms with E-state index in [-0.39, 0.29) is 6.10 Å². The molecule has 1 heterocycles. The lowest BCUT2D eigenvalue weighted by atomic mass is 10.0. The monoisotopic (exact) mass is 302 g/mol. The Morgan fingerprint density at radius 3 is 2.47 bits per heavy atom. The van der Waals surface area contributed by atoms with Crippen molar-refractivity contribution in [3.8, 4) is 0 Å². The molecule has 0 spiro atoms. The van der Waals surface area contributed by atoms with Crippen molar-refractivity contribution in [1.82, 2.24) is 9.78 Å². The van der Waals surface area contributed by atoms with Crippen LogP contribution in [0.15, 0.2) is 4.47 Å². The fraction of sp³-hybridized carbons (Fsp3) is 0.769. The van der Waals surface area contributed by atoms with Gasteiger partial charge in [-0.2, -0.15) is 5.10 Å². The van der Waals surface area contributed by atoms with E-state index in [2.05, 4.69) is 34.9 Å². The van der Waals surface area contributed by atoms with Gasteiger partial charge in [0.2, 0.25) is 0 Å². The second kappa shape index (κ2) is 6.55. The van der Waals surface area contributed by atoms with Crippen molar-refractivity contribution in [3.05, 3.63) is 15.9 Å². The topological polar surface area (TPSA) is 38.0 Å². The van der Waals surface area contributed by atoms with Crippen LogP contribution in [0.1, 0.15) is 45.5 Å². The molecule has 17 heavy (non-hydrogen) atoms. The molecule has 0 aliphatic rings. The third-order valence-corrected chi connectivity index (χ3v) is 4.06. The molecule has 0 aliphatic carbocycles. The van der Waals surface area contributed by atoms with E-state index >= 15 is 0 Å². The van der Waals surface area contributed by atoms with Crippen LogP contribution in [0.25, 0.3) is 0 Å². The quantitative estimate of drug-likeness (QED) is 0.876. The first kappa shape index (κ1) is 14.7. The molecule has 1 aromatic heterocycles. The van der Waals surface area contributed by atoms with Crippen LogP contribution in [0.5, 0.6) is 0 Å². The van der Waals surface area contributed by atoms with Crippen LogP contribution in [0.4, 0.5) is 0 Å². The van der Waals surface area contributed by atoms with Gasteiger partial charge >= 0.3 is 0 Å². The van der Waals surface area contributed by atoms with Gasteiger partial charge in [-0.25, -0.2) is 0 Å². The Balaban J connectivity index is 2.79. The van der Waals surface area contributed by atoms with Crippen molar-refractivity contribution in [3.63, 3.8) is 0 Å². The number of rotatable bonds is 6. The number of aliphatic hydroxyl groups is 1. The molecule has 1 atom stereocenters. The minimum absolute atomic E-state index is 0.229. The lowest BCUT2D eigenvalue weighted by molar-refractivity contribution is 0.116. The smallest absolute Gasteiger partial charge is 0.0766 e. The summed E-state index contributed by atoms with van der Waals surface area (Å²) in [7, 11) is 0. The molecule has 1 aromatic rings. The van der Waals surface area contributed by atoms with Gasteiger partial charge in [-0.3, -0.25) is 4.68 Å².